The molecule has 0 radical (unpaired) electrons. The average molecular weight is 591 g/mol. The van der Waals surface area contributed by atoms with E-state index in [1.54, 1.807) is 0 Å². The molecule has 1 aliphatic rings. The molecule has 2 unspecified atom stereocenters. The minimum absolute atomic E-state index is 0.134. The minimum atomic E-state index is -0.985. The highest BCUT2D eigenvalue weighted by Crippen LogP contribution is 2.30. The van der Waals surface area contributed by atoms with Gasteiger partial charge in [-0.3, -0.25) is 9.59 Å². The van der Waals surface area contributed by atoms with Crippen LogP contribution < -0.4 is 0 Å². The third-order valence-electron chi connectivity index (χ3n) is 7.55. The zero-order valence-corrected chi connectivity index (χ0v) is 26.9. The maximum atomic E-state index is 11.9. The van der Waals surface area contributed by atoms with Crippen LogP contribution in [0, 0.1) is 0 Å². The van der Waals surface area contributed by atoms with Crippen molar-refractivity contribution in [3.63, 3.8) is 0 Å². The highest BCUT2D eigenvalue weighted by molar-refractivity contribution is 5.69. The number of rotatable bonds is 29. The molecule has 0 aromatic heterocycles. The van der Waals surface area contributed by atoms with Gasteiger partial charge in [0.2, 0.25) is 0 Å². The second-order valence-corrected chi connectivity index (χ2v) is 11.7. The van der Waals surface area contributed by atoms with Crippen molar-refractivity contribution in [2.45, 2.75) is 167 Å². The molecule has 0 saturated carbocycles. The van der Waals surface area contributed by atoms with Gasteiger partial charge in [-0.15, -0.1) is 0 Å². The summed E-state index contributed by atoms with van der Waals surface area (Å²) in [4.78, 5) is 23.8. The maximum Gasteiger partial charge on any atom is 0.305 e. The Bertz CT molecular complexity index is 743. The molecule has 1 N–H and O–H groups in total. The Labute approximate surface area is 257 Å². The number of allylic oxidation sites excluding steroid dienone is 5. The Morgan fingerprint density at radius 3 is 1.76 bits per heavy atom. The van der Waals surface area contributed by atoms with E-state index in [9.17, 15) is 14.7 Å². The van der Waals surface area contributed by atoms with E-state index in [0.29, 0.717) is 31.5 Å². The van der Waals surface area contributed by atoms with Crippen LogP contribution in [0.2, 0.25) is 0 Å². The topological polar surface area (TPSA) is 85.4 Å². The van der Waals surface area contributed by atoms with Crippen LogP contribution in [0.1, 0.15) is 149 Å². The lowest BCUT2D eigenvalue weighted by molar-refractivity contribution is -0.152. The SMILES string of the molecule is CCCCCCCCCCCCC(=O)OC[C@H](O)COC(=O)CCC/C=C\C/C=C\C/C=C\CC1OC1CCCCC. The van der Waals surface area contributed by atoms with Gasteiger partial charge >= 0.3 is 11.9 Å². The van der Waals surface area contributed by atoms with Gasteiger partial charge in [0.25, 0.3) is 0 Å². The quantitative estimate of drug-likeness (QED) is 0.0405. The number of epoxide rings is 1. The lowest BCUT2D eigenvalue weighted by Gasteiger charge is -2.12. The van der Waals surface area contributed by atoms with E-state index in [0.717, 1.165) is 44.9 Å². The first-order valence-corrected chi connectivity index (χ1v) is 17.2. The van der Waals surface area contributed by atoms with Crippen LogP contribution in [-0.2, 0) is 23.8 Å². The Balaban J connectivity index is 1.89. The smallest absolute Gasteiger partial charge is 0.305 e. The molecule has 6 heteroatoms. The highest BCUT2D eigenvalue weighted by atomic mass is 16.6. The van der Waals surface area contributed by atoms with E-state index >= 15 is 0 Å². The Hall–Kier alpha value is -1.92. The monoisotopic (exact) mass is 590 g/mol. The zero-order valence-electron chi connectivity index (χ0n) is 26.9. The van der Waals surface area contributed by atoms with Crippen molar-refractivity contribution in [3.8, 4) is 0 Å². The molecule has 0 amide bonds. The molecule has 1 saturated heterocycles. The minimum Gasteiger partial charge on any atom is -0.463 e. The molecule has 1 rings (SSSR count). The van der Waals surface area contributed by atoms with E-state index in [4.69, 9.17) is 14.2 Å². The largest absolute Gasteiger partial charge is 0.463 e. The van der Waals surface area contributed by atoms with Gasteiger partial charge in [-0.25, -0.2) is 0 Å². The van der Waals surface area contributed by atoms with Gasteiger partial charge in [-0.1, -0.05) is 127 Å². The highest BCUT2D eigenvalue weighted by Gasteiger charge is 2.36. The third-order valence-corrected chi connectivity index (χ3v) is 7.55. The summed E-state index contributed by atoms with van der Waals surface area (Å²) >= 11 is 0. The second kappa shape index (κ2) is 27.9. The molecule has 3 atom stereocenters. The van der Waals surface area contributed by atoms with Crippen molar-refractivity contribution in [1.82, 2.24) is 0 Å². The molecule has 0 aliphatic carbocycles. The van der Waals surface area contributed by atoms with Crippen LogP contribution in [0.25, 0.3) is 0 Å². The molecule has 1 aliphatic heterocycles. The summed E-state index contributed by atoms with van der Waals surface area (Å²) in [6.45, 7) is 4.19. The molecular formula is C36H62O6. The van der Waals surface area contributed by atoms with E-state index < -0.39 is 6.10 Å². The number of hydrogen-bond acceptors (Lipinski definition) is 6. The number of aliphatic hydroxyl groups is 1. The molecule has 0 aromatic rings. The summed E-state index contributed by atoms with van der Waals surface area (Å²) in [5.41, 5.74) is 0. The first-order chi connectivity index (χ1) is 20.6. The molecule has 6 nitrogen and oxygen atoms in total. The second-order valence-electron chi connectivity index (χ2n) is 11.7. The summed E-state index contributed by atoms with van der Waals surface area (Å²) < 4.78 is 15.9. The molecule has 1 heterocycles. The van der Waals surface area contributed by atoms with Gasteiger partial charge < -0.3 is 19.3 Å². The van der Waals surface area contributed by atoms with Gasteiger partial charge in [0.05, 0.1) is 12.2 Å². The fourth-order valence-electron chi connectivity index (χ4n) is 4.82. The van der Waals surface area contributed by atoms with Gasteiger partial charge in [-0.2, -0.15) is 0 Å². The first kappa shape index (κ1) is 38.1. The maximum absolute atomic E-state index is 11.9. The normalized spacial score (nSPS) is 17.4. The van der Waals surface area contributed by atoms with E-state index in [1.165, 1.54) is 70.6 Å². The average Bonchev–Trinajstić information content (AvgIpc) is 3.74. The van der Waals surface area contributed by atoms with Crippen molar-refractivity contribution >= 4 is 11.9 Å². The number of unbranched alkanes of at least 4 members (excludes halogenated alkanes) is 12. The molecule has 0 aromatic carbocycles. The van der Waals surface area contributed by atoms with Gasteiger partial charge in [0, 0.05) is 12.8 Å². The van der Waals surface area contributed by atoms with Crippen molar-refractivity contribution in [1.29, 1.82) is 0 Å². The molecule has 0 spiro atoms. The van der Waals surface area contributed by atoms with Crippen molar-refractivity contribution in [3.05, 3.63) is 36.5 Å². The third kappa shape index (κ3) is 24.7. The zero-order chi connectivity index (χ0) is 30.5. The Morgan fingerprint density at radius 1 is 0.643 bits per heavy atom. The Kier molecular flexibility index (Phi) is 25.3. The molecule has 42 heavy (non-hydrogen) atoms. The van der Waals surface area contributed by atoms with Crippen LogP contribution in [0.15, 0.2) is 36.5 Å². The number of esters is 2. The summed E-state index contributed by atoms with van der Waals surface area (Å²) in [7, 11) is 0. The molecule has 1 fully saturated rings. The lowest BCUT2D eigenvalue weighted by Crippen LogP contribution is -2.25. The van der Waals surface area contributed by atoms with Crippen molar-refractivity contribution in [2.75, 3.05) is 13.2 Å². The predicted octanol–water partition coefficient (Wildman–Crippen LogP) is 9.10. The van der Waals surface area contributed by atoms with Gasteiger partial charge in [0.15, 0.2) is 0 Å². The van der Waals surface area contributed by atoms with Gasteiger partial charge in [-0.05, 0) is 44.9 Å². The number of carbonyl (C=O) groups is 2. The number of ether oxygens (including phenoxy) is 3. The summed E-state index contributed by atoms with van der Waals surface area (Å²) in [5.74, 6) is -0.636. The van der Waals surface area contributed by atoms with E-state index in [-0.39, 0.29) is 25.2 Å². The van der Waals surface area contributed by atoms with E-state index in [2.05, 4.69) is 50.3 Å². The summed E-state index contributed by atoms with van der Waals surface area (Å²) in [6.07, 6.45) is 35.2. The van der Waals surface area contributed by atoms with Crippen LogP contribution >= 0.6 is 0 Å². The number of hydrogen-bond donors (Lipinski definition) is 1. The molecular weight excluding hydrogens is 528 g/mol. The van der Waals surface area contributed by atoms with E-state index in [1.807, 2.05) is 0 Å². The van der Waals surface area contributed by atoms with Crippen molar-refractivity contribution < 1.29 is 28.9 Å². The Morgan fingerprint density at radius 2 is 1.14 bits per heavy atom. The summed E-state index contributed by atoms with van der Waals surface area (Å²) in [6, 6.07) is 0. The molecule has 242 valence electrons. The molecule has 0 bridgehead atoms. The van der Waals surface area contributed by atoms with Crippen LogP contribution in [-0.4, -0.2) is 48.6 Å². The fraction of sp³-hybridized carbons (Fsp3) is 0.778. The standard InChI is InChI=1S/C36H62O6/c1-3-5-7-8-9-10-14-17-20-24-28-35(38)40-30-32(37)31-41-36(39)29-25-21-18-15-12-11-13-16-19-23-27-34-33(42-34)26-22-6-4-2/h11,13,15,18-19,23,32-34,37H,3-10,12,14,16-17,20-22,24-31H2,1-2H3/b13-11-,18-15-,23-19-/t32-,33?,34?/m0/s1. The fourth-order valence-corrected chi connectivity index (χ4v) is 4.82. The summed E-state index contributed by atoms with van der Waals surface area (Å²) in [5, 5.41) is 9.94. The lowest BCUT2D eigenvalue weighted by atomic mass is 10.1. The number of aliphatic hydroxyl groups excluding tert-OH is 1. The van der Waals surface area contributed by atoms with Crippen LogP contribution in [0.4, 0.5) is 0 Å². The number of carbonyl (C=O) groups excluding carboxylic acids is 2. The first-order valence-electron chi connectivity index (χ1n) is 17.2. The predicted molar refractivity (Wildman–Crippen MR) is 172 cm³/mol. The van der Waals surface area contributed by atoms with Crippen molar-refractivity contribution in [2.24, 2.45) is 0 Å². The van der Waals surface area contributed by atoms with Gasteiger partial charge in [0.1, 0.15) is 19.3 Å². The van der Waals surface area contributed by atoms with Crippen LogP contribution in [0.5, 0.6) is 0 Å². The van der Waals surface area contributed by atoms with Crippen LogP contribution in [0.3, 0.4) is 0 Å².